The predicted molar refractivity (Wildman–Crippen MR) is 106 cm³/mol. The monoisotopic (exact) mass is 382 g/mol. The Balaban J connectivity index is 1.49. The number of nitrogens with one attached hydrogen (secondary N) is 1. The van der Waals surface area contributed by atoms with Crippen LogP contribution >= 0.6 is 11.3 Å². The van der Waals surface area contributed by atoms with E-state index in [1.807, 2.05) is 0 Å². The molecule has 1 amide bonds. The normalized spacial score (nSPS) is 36.4. The Kier molecular flexibility index (Phi) is 3.96. The highest BCUT2D eigenvalue weighted by Crippen LogP contribution is 2.70. The van der Waals surface area contributed by atoms with Gasteiger partial charge in [0.05, 0.1) is 17.8 Å². The first-order valence-corrected chi connectivity index (χ1v) is 10.8. The van der Waals surface area contributed by atoms with E-state index in [4.69, 9.17) is 4.74 Å². The van der Waals surface area contributed by atoms with Crippen molar-refractivity contribution in [3.63, 3.8) is 0 Å². The number of hydrogen-bond acceptors (Lipinski definition) is 4. The molecule has 1 N–H and O–H groups in total. The molecular weight excluding hydrogens is 356 g/mol. The minimum atomic E-state index is 0.0269. The first-order valence-electron chi connectivity index (χ1n) is 9.88. The zero-order valence-corrected chi connectivity index (χ0v) is 16.7. The minimum Gasteiger partial charge on any atom is -0.373 e. The Labute approximate surface area is 164 Å². The van der Waals surface area contributed by atoms with Crippen LogP contribution in [0.3, 0.4) is 0 Å². The summed E-state index contributed by atoms with van der Waals surface area (Å²) in [7, 11) is 0. The SMILES string of the molecule is CC1(C)[C@@H]2C[C@@H]3[C@@H](c4ccccc4)OCC[C@]3(C2)[C@H]1NC(=O)c1cncs1. The van der Waals surface area contributed by atoms with Crippen LogP contribution < -0.4 is 5.32 Å². The van der Waals surface area contributed by atoms with Crippen molar-refractivity contribution in [3.8, 4) is 0 Å². The number of carbonyl (C=O) groups is 1. The van der Waals surface area contributed by atoms with E-state index in [0.717, 1.165) is 13.0 Å². The van der Waals surface area contributed by atoms with E-state index in [1.165, 1.54) is 29.7 Å². The van der Waals surface area contributed by atoms with E-state index in [0.29, 0.717) is 16.7 Å². The Morgan fingerprint density at radius 2 is 2.11 bits per heavy atom. The Morgan fingerprint density at radius 3 is 2.85 bits per heavy atom. The maximum absolute atomic E-state index is 12.9. The highest BCUT2D eigenvalue weighted by Gasteiger charge is 2.68. The number of aromatic nitrogens is 1. The molecule has 27 heavy (non-hydrogen) atoms. The second kappa shape index (κ2) is 6.14. The number of hydrogen-bond donors (Lipinski definition) is 1. The van der Waals surface area contributed by atoms with Crippen LogP contribution in [0.1, 0.15) is 54.4 Å². The minimum absolute atomic E-state index is 0.0269. The average Bonchev–Trinajstić information content (AvgIpc) is 3.37. The molecular formula is C22H26N2O2S. The maximum Gasteiger partial charge on any atom is 0.263 e. The molecule has 3 aliphatic rings. The molecule has 2 bridgehead atoms. The van der Waals surface area contributed by atoms with Crippen molar-refractivity contribution < 1.29 is 9.53 Å². The molecule has 2 aliphatic carbocycles. The summed E-state index contributed by atoms with van der Waals surface area (Å²) in [6.07, 6.45) is 5.24. The third-order valence-corrected chi connectivity index (χ3v) is 8.34. The fraction of sp³-hybridized carbons (Fsp3) is 0.545. The number of benzene rings is 1. The van der Waals surface area contributed by atoms with Crippen molar-refractivity contribution in [2.45, 2.75) is 45.3 Å². The average molecular weight is 383 g/mol. The summed E-state index contributed by atoms with van der Waals surface area (Å²) >= 11 is 1.41. The topological polar surface area (TPSA) is 51.2 Å². The maximum atomic E-state index is 12.9. The van der Waals surface area contributed by atoms with Crippen LogP contribution in [0.4, 0.5) is 0 Å². The molecule has 2 heterocycles. The van der Waals surface area contributed by atoms with Gasteiger partial charge in [-0.3, -0.25) is 9.78 Å². The number of thiazole rings is 1. The van der Waals surface area contributed by atoms with Crippen molar-refractivity contribution in [1.82, 2.24) is 10.3 Å². The molecule has 142 valence electrons. The smallest absolute Gasteiger partial charge is 0.263 e. The Bertz CT molecular complexity index is 835. The number of rotatable bonds is 3. The number of fused-ring (bicyclic) bond motifs is 1. The first-order chi connectivity index (χ1) is 13.0. The van der Waals surface area contributed by atoms with Crippen LogP contribution in [0.2, 0.25) is 0 Å². The first kappa shape index (κ1) is 17.4. The van der Waals surface area contributed by atoms with Crippen LogP contribution in [0.5, 0.6) is 0 Å². The van der Waals surface area contributed by atoms with E-state index in [-0.39, 0.29) is 28.9 Å². The van der Waals surface area contributed by atoms with Crippen LogP contribution in [0, 0.1) is 22.7 Å². The molecule has 5 atom stereocenters. The van der Waals surface area contributed by atoms with Crippen molar-refractivity contribution >= 4 is 17.2 Å². The van der Waals surface area contributed by atoms with E-state index in [9.17, 15) is 4.79 Å². The van der Waals surface area contributed by atoms with Gasteiger partial charge in [-0.05, 0) is 47.5 Å². The molecule has 5 rings (SSSR count). The molecule has 1 aliphatic heterocycles. The molecule has 1 spiro atoms. The lowest BCUT2D eigenvalue weighted by atomic mass is 9.59. The van der Waals surface area contributed by atoms with Crippen molar-refractivity contribution in [2.24, 2.45) is 22.7 Å². The van der Waals surface area contributed by atoms with Gasteiger partial charge in [-0.2, -0.15) is 0 Å². The fourth-order valence-corrected chi connectivity index (χ4v) is 6.81. The van der Waals surface area contributed by atoms with Gasteiger partial charge in [0.1, 0.15) is 4.88 Å². The van der Waals surface area contributed by atoms with Gasteiger partial charge in [0, 0.05) is 12.6 Å². The van der Waals surface area contributed by atoms with Crippen molar-refractivity contribution in [2.75, 3.05) is 6.61 Å². The van der Waals surface area contributed by atoms with E-state index in [2.05, 4.69) is 54.5 Å². The predicted octanol–water partition coefficient (Wildman–Crippen LogP) is 4.46. The Hall–Kier alpha value is -1.72. The summed E-state index contributed by atoms with van der Waals surface area (Å²) < 4.78 is 6.30. The van der Waals surface area contributed by atoms with Gasteiger partial charge in [-0.25, -0.2) is 0 Å². The highest BCUT2D eigenvalue weighted by atomic mass is 32.1. The van der Waals surface area contributed by atoms with Crippen molar-refractivity contribution in [3.05, 3.63) is 52.5 Å². The van der Waals surface area contributed by atoms with Crippen molar-refractivity contribution in [1.29, 1.82) is 0 Å². The van der Waals surface area contributed by atoms with Crippen LogP contribution in [-0.4, -0.2) is 23.5 Å². The quantitative estimate of drug-likeness (QED) is 0.853. The standard InChI is InChI=1S/C22H26N2O2S/c1-21(2)15-10-16-18(14-6-4-3-5-7-14)26-9-8-22(16,11-15)20(21)24-19(25)17-12-23-13-27-17/h3-7,12-13,15-16,18,20H,8-11H2,1-2H3,(H,24,25)/t15-,16-,18-,20+,22-/m1/s1. The molecule has 4 nitrogen and oxygen atoms in total. The second-order valence-electron chi connectivity index (χ2n) is 9.02. The van der Waals surface area contributed by atoms with Crippen LogP contribution in [-0.2, 0) is 4.74 Å². The lowest BCUT2D eigenvalue weighted by Crippen LogP contribution is -2.58. The summed E-state index contributed by atoms with van der Waals surface area (Å²) in [6.45, 7) is 5.45. The zero-order valence-electron chi connectivity index (χ0n) is 15.9. The molecule has 1 saturated heterocycles. The molecule has 2 saturated carbocycles. The number of carbonyl (C=O) groups excluding carboxylic acids is 1. The molecule has 3 fully saturated rings. The molecule has 1 aromatic carbocycles. The van der Waals surface area contributed by atoms with Gasteiger partial charge in [-0.15, -0.1) is 11.3 Å². The summed E-state index contributed by atoms with van der Waals surface area (Å²) in [5.74, 6) is 1.12. The van der Waals surface area contributed by atoms with Gasteiger partial charge >= 0.3 is 0 Å². The van der Waals surface area contributed by atoms with Gasteiger partial charge in [0.2, 0.25) is 0 Å². The third kappa shape index (κ3) is 2.51. The lowest BCUT2D eigenvalue weighted by molar-refractivity contribution is -0.120. The summed E-state index contributed by atoms with van der Waals surface area (Å²) in [4.78, 5) is 17.6. The molecule has 1 aromatic heterocycles. The summed E-state index contributed by atoms with van der Waals surface area (Å²) in [6, 6.07) is 10.8. The molecule has 5 heteroatoms. The van der Waals surface area contributed by atoms with Gasteiger partial charge in [0.15, 0.2) is 0 Å². The van der Waals surface area contributed by atoms with Gasteiger partial charge in [0.25, 0.3) is 5.91 Å². The third-order valence-electron chi connectivity index (χ3n) is 7.56. The number of ether oxygens (including phenoxy) is 1. The summed E-state index contributed by atoms with van der Waals surface area (Å²) in [5.41, 5.74) is 3.24. The van der Waals surface area contributed by atoms with Gasteiger partial charge in [-0.1, -0.05) is 44.2 Å². The molecule has 2 aromatic rings. The largest absolute Gasteiger partial charge is 0.373 e. The lowest BCUT2D eigenvalue weighted by Gasteiger charge is -2.53. The number of nitrogens with zero attached hydrogens (tertiary/aromatic N) is 1. The molecule has 0 radical (unpaired) electrons. The van der Waals surface area contributed by atoms with E-state index in [1.54, 1.807) is 11.7 Å². The number of amides is 1. The van der Waals surface area contributed by atoms with E-state index < -0.39 is 0 Å². The Morgan fingerprint density at radius 1 is 1.30 bits per heavy atom. The molecule has 0 unspecified atom stereocenters. The fourth-order valence-electron chi connectivity index (χ4n) is 6.29. The van der Waals surface area contributed by atoms with Crippen LogP contribution in [0.25, 0.3) is 0 Å². The van der Waals surface area contributed by atoms with Crippen LogP contribution in [0.15, 0.2) is 42.0 Å². The zero-order chi connectivity index (χ0) is 18.6. The second-order valence-corrected chi connectivity index (χ2v) is 9.91. The highest BCUT2D eigenvalue weighted by molar-refractivity contribution is 7.11. The van der Waals surface area contributed by atoms with Gasteiger partial charge < -0.3 is 10.1 Å². The summed E-state index contributed by atoms with van der Waals surface area (Å²) in [5, 5.41) is 3.44. The van der Waals surface area contributed by atoms with E-state index >= 15 is 0 Å².